The molecule has 1 aromatic carbocycles. The van der Waals surface area contributed by atoms with Gasteiger partial charge in [-0.15, -0.1) is 0 Å². The molecule has 4 rings (SSSR count). The summed E-state index contributed by atoms with van der Waals surface area (Å²) < 4.78 is 34.9. The quantitative estimate of drug-likeness (QED) is 0.752. The highest BCUT2D eigenvalue weighted by Crippen LogP contribution is 2.28. The third kappa shape index (κ3) is 4.58. The summed E-state index contributed by atoms with van der Waals surface area (Å²) in [5, 5.41) is 7.35. The summed E-state index contributed by atoms with van der Waals surface area (Å²) in [7, 11) is -3.65. The lowest BCUT2D eigenvalue weighted by Gasteiger charge is -2.33. The molecule has 2 aromatic rings. The molecule has 2 aliphatic rings. The molecule has 162 valence electrons. The number of hydrogen-bond acceptors (Lipinski definition) is 5. The van der Waals surface area contributed by atoms with E-state index in [-0.39, 0.29) is 36.4 Å². The van der Waals surface area contributed by atoms with Gasteiger partial charge in [0.15, 0.2) is 0 Å². The highest BCUT2D eigenvalue weighted by Gasteiger charge is 2.34. The fraction of sp³-hybridized carbons (Fsp3) is 0.524. The first-order valence-electron chi connectivity index (χ1n) is 10.4. The van der Waals surface area contributed by atoms with Gasteiger partial charge in [0, 0.05) is 32.5 Å². The van der Waals surface area contributed by atoms with Crippen LogP contribution < -0.4 is 5.32 Å². The van der Waals surface area contributed by atoms with E-state index in [0.717, 1.165) is 37.3 Å². The maximum atomic E-state index is 13.2. The van der Waals surface area contributed by atoms with E-state index in [4.69, 9.17) is 4.74 Å². The lowest BCUT2D eigenvalue weighted by molar-refractivity contribution is -0.122. The number of ether oxygens (including phenoxy) is 1. The summed E-state index contributed by atoms with van der Waals surface area (Å²) in [6, 6.07) is 8.32. The molecule has 1 fully saturated rings. The van der Waals surface area contributed by atoms with Gasteiger partial charge in [-0.1, -0.05) is 17.7 Å². The van der Waals surface area contributed by atoms with E-state index in [1.54, 1.807) is 35.1 Å². The zero-order valence-corrected chi connectivity index (χ0v) is 18.0. The highest BCUT2D eigenvalue weighted by molar-refractivity contribution is 7.89. The monoisotopic (exact) mass is 432 g/mol. The van der Waals surface area contributed by atoms with Gasteiger partial charge in [0.05, 0.1) is 29.6 Å². The van der Waals surface area contributed by atoms with Crippen molar-refractivity contribution in [3.8, 4) is 0 Å². The van der Waals surface area contributed by atoms with Crippen molar-refractivity contribution in [3.63, 3.8) is 0 Å². The van der Waals surface area contributed by atoms with Crippen LogP contribution in [0.4, 0.5) is 0 Å². The van der Waals surface area contributed by atoms with E-state index < -0.39 is 10.0 Å². The molecule has 1 unspecified atom stereocenters. The van der Waals surface area contributed by atoms with E-state index in [9.17, 15) is 13.2 Å². The molecule has 30 heavy (non-hydrogen) atoms. The van der Waals surface area contributed by atoms with Gasteiger partial charge in [-0.25, -0.2) is 8.42 Å². The molecule has 0 radical (unpaired) electrons. The molecule has 1 atom stereocenters. The van der Waals surface area contributed by atoms with Gasteiger partial charge in [0.1, 0.15) is 0 Å². The minimum absolute atomic E-state index is 0.0810. The first kappa shape index (κ1) is 21.0. The molecule has 0 bridgehead atoms. The number of aryl methyl sites for hydroxylation is 1. The molecule has 1 amide bonds. The van der Waals surface area contributed by atoms with Crippen molar-refractivity contribution in [3.05, 3.63) is 47.8 Å². The maximum absolute atomic E-state index is 13.2. The van der Waals surface area contributed by atoms with Crippen molar-refractivity contribution in [2.24, 2.45) is 5.92 Å². The third-order valence-corrected chi connectivity index (χ3v) is 7.69. The van der Waals surface area contributed by atoms with Gasteiger partial charge in [-0.3, -0.25) is 9.48 Å². The Balaban J connectivity index is 1.45. The van der Waals surface area contributed by atoms with Gasteiger partial charge < -0.3 is 10.1 Å². The van der Waals surface area contributed by atoms with E-state index in [1.165, 1.54) is 4.31 Å². The second-order valence-electron chi connectivity index (χ2n) is 8.10. The van der Waals surface area contributed by atoms with Crippen molar-refractivity contribution < 1.29 is 17.9 Å². The number of nitrogens with one attached hydrogen (secondary N) is 1. The zero-order chi connectivity index (χ0) is 21.1. The molecule has 3 heterocycles. The summed E-state index contributed by atoms with van der Waals surface area (Å²) in [6.45, 7) is 4.50. The van der Waals surface area contributed by atoms with Crippen LogP contribution in [0.1, 0.15) is 36.6 Å². The van der Waals surface area contributed by atoms with Crippen molar-refractivity contribution in [2.45, 2.75) is 43.7 Å². The van der Waals surface area contributed by atoms with Crippen LogP contribution in [0.15, 0.2) is 41.4 Å². The van der Waals surface area contributed by atoms with E-state index >= 15 is 0 Å². The van der Waals surface area contributed by atoms with Crippen LogP contribution >= 0.6 is 0 Å². The van der Waals surface area contributed by atoms with E-state index in [2.05, 4.69) is 10.4 Å². The number of aromatic nitrogens is 2. The predicted octanol–water partition coefficient (Wildman–Crippen LogP) is 1.87. The molecule has 0 saturated carbocycles. The Morgan fingerprint density at radius 1 is 1.20 bits per heavy atom. The highest BCUT2D eigenvalue weighted by atomic mass is 32.2. The first-order valence-corrected chi connectivity index (χ1v) is 11.8. The van der Waals surface area contributed by atoms with Gasteiger partial charge in [0.2, 0.25) is 15.9 Å². The molecule has 1 N–H and O–H groups in total. The summed E-state index contributed by atoms with van der Waals surface area (Å²) in [5.74, 6) is 0.357. The second kappa shape index (κ2) is 8.87. The average molecular weight is 433 g/mol. The zero-order valence-electron chi connectivity index (χ0n) is 17.2. The Kier molecular flexibility index (Phi) is 6.21. The largest absolute Gasteiger partial charge is 0.381 e. The van der Waals surface area contributed by atoms with Crippen molar-refractivity contribution in [1.82, 2.24) is 19.4 Å². The number of fused-ring (bicyclic) bond motifs is 1. The summed E-state index contributed by atoms with van der Waals surface area (Å²) >= 11 is 0. The number of amides is 1. The van der Waals surface area contributed by atoms with Crippen molar-refractivity contribution in [2.75, 3.05) is 26.3 Å². The standard InChI is InChI=1S/C21H28N4O4S/c1-16-2-4-20(5-3-16)30(27,28)24-14-18-6-9-23-25(18)19(15-24)12-21(26)22-13-17-7-10-29-11-8-17/h2-6,9,17,19H,7-8,10-15H2,1H3,(H,22,26). The number of carbonyl (C=O) groups is 1. The van der Waals surface area contributed by atoms with Crippen LogP contribution in [-0.2, 0) is 26.1 Å². The fourth-order valence-corrected chi connectivity index (χ4v) is 5.49. The lowest BCUT2D eigenvalue weighted by atomic mass is 10.0. The number of benzene rings is 1. The number of rotatable bonds is 6. The number of carbonyl (C=O) groups excluding carboxylic acids is 1. The normalized spacial score (nSPS) is 20.6. The molecule has 9 heteroatoms. The summed E-state index contributed by atoms with van der Waals surface area (Å²) in [5.41, 5.74) is 1.80. The van der Waals surface area contributed by atoms with Gasteiger partial charge in [-0.05, 0) is 43.9 Å². The Morgan fingerprint density at radius 2 is 1.93 bits per heavy atom. The van der Waals surface area contributed by atoms with Crippen molar-refractivity contribution in [1.29, 1.82) is 0 Å². The van der Waals surface area contributed by atoms with Crippen LogP contribution in [0.5, 0.6) is 0 Å². The molecule has 0 spiro atoms. The molecule has 0 aliphatic carbocycles. The Hall–Kier alpha value is -2.23. The molecule has 2 aliphatic heterocycles. The lowest BCUT2D eigenvalue weighted by Crippen LogP contribution is -2.43. The number of sulfonamides is 1. The Bertz CT molecular complexity index is 981. The summed E-state index contributed by atoms with van der Waals surface area (Å²) in [4.78, 5) is 12.9. The predicted molar refractivity (Wildman–Crippen MR) is 111 cm³/mol. The Morgan fingerprint density at radius 3 is 2.67 bits per heavy atom. The third-order valence-electron chi connectivity index (χ3n) is 5.86. The van der Waals surface area contributed by atoms with Crippen LogP contribution in [0, 0.1) is 12.8 Å². The second-order valence-corrected chi connectivity index (χ2v) is 10.0. The average Bonchev–Trinajstić information content (AvgIpc) is 3.22. The number of nitrogens with zero attached hydrogens (tertiary/aromatic N) is 3. The smallest absolute Gasteiger partial charge is 0.243 e. The molecule has 8 nitrogen and oxygen atoms in total. The molecule has 1 saturated heterocycles. The van der Waals surface area contributed by atoms with Gasteiger partial charge >= 0.3 is 0 Å². The fourth-order valence-electron chi connectivity index (χ4n) is 4.04. The van der Waals surface area contributed by atoms with Crippen molar-refractivity contribution >= 4 is 15.9 Å². The Labute approximate surface area is 177 Å². The van der Waals surface area contributed by atoms with Crippen LogP contribution in [-0.4, -0.2) is 54.7 Å². The molecule has 1 aromatic heterocycles. The summed E-state index contributed by atoms with van der Waals surface area (Å²) in [6.07, 6.45) is 3.76. The van der Waals surface area contributed by atoms with Crippen LogP contribution in [0.3, 0.4) is 0 Å². The topological polar surface area (TPSA) is 93.5 Å². The minimum atomic E-state index is -3.65. The van der Waals surface area contributed by atoms with E-state index in [0.29, 0.717) is 12.5 Å². The maximum Gasteiger partial charge on any atom is 0.243 e. The number of hydrogen-bond donors (Lipinski definition) is 1. The van der Waals surface area contributed by atoms with Gasteiger partial charge in [-0.2, -0.15) is 9.40 Å². The minimum Gasteiger partial charge on any atom is -0.381 e. The van der Waals surface area contributed by atoms with Crippen LogP contribution in [0.2, 0.25) is 0 Å². The molecular weight excluding hydrogens is 404 g/mol. The SMILES string of the molecule is Cc1ccc(S(=O)(=O)N2Cc3ccnn3C(CC(=O)NCC3CCOCC3)C2)cc1. The van der Waals surface area contributed by atoms with Crippen LogP contribution in [0.25, 0.3) is 0 Å². The van der Waals surface area contributed by atoms with E-state index in [1.807, 2.05) is 13.0 Å². The first-order chi connectivity index (χ1) is 14.4. The van der Waals surface area contributed by atoms with Gasteiger partial charge in [0.25, 0.3) is 0 Å². The molecular formula is C21H28N4O4S.